The topological polar surface area (TPSA) is 62.7 Å². The lowest BCUT2D eigenvalue weighted by Gasteiger charge is -2.23. The van der Waals surface area contributed by atoms with E-state index < -0.39 is 0 Å². The summed E-state index contributed by atoms with van der Waals surface area (Å²) in [6, 6.07) is 3.89. The quantitative estimate of drug-likeness (QED) is 0.908. The van der Waals surface area contributed by atoms with Crippen molar-refractivity contribution in [3.63, 3.8) is 0 Å². The van der Waals surface area contributed by atoms with Gasteiger partial charge in [0.05, 0.1) is 0 Å². The molecule has 0 amide bonds. The number of aryl methyl sites for hydroxylation is 1. The van der Waals surface area contributed by atoms with Gasteiger partial charge < -0.3 is 10.6 Å². The Labute approximate surface area is 131 Å². The van der Waals surface area contributed by atoms with E-state index in [1.54, 1.807) is 12.4 Å². The Hall–Kier alpha value is -2.01. The molecule has 1 saturated heterocycles. The third kappa shape index (κ3) is 3.42. The number of hydrogen-bond acceptors (Lipinski definition) is 5. The molecule has 3 rings (SSSR count). The zero-order chi connectivity index (χ0) is 15.4. The molecule has 0 aromatic carbocycles. The van der Waals surface area contributed by atoms with E-state index in [1.165, 1.54) is 12.8 Å². The van der Waals surface area contributed by atoms with Crippen molar-refractivity contribution >= 4 is 5.82 Å². The van der Waals surface area contributed by atoms with Gasteiger partial charge in [-0.1, -0.05) is 0 Å². The van der Waals surface area contributed by atoms with Gasteiger partial charge in [-0.2, -0.15) is 0 Å². The predicted molar refractivity (Wildman–Crippen MR) is 88.8 cm³/mol. The molecule has 0 spiro atoms. The molecule has 0 bridgehead atoms. The van der Waals surface area contributed by atoms with Crippen molar-refractivity contribution in [2.45, 2.75) is 26.7 Å². The Morgan fingerprint density at radius 3 is 2.77 bits per heavy atom. The SMILES string of the molecule is Cc1nc(-c2ccncc2)nc(NCC2CCCNC2)c1C. The molecule has 116 valence electrons. The maximum atomic E-state index is 4.72. The van der Waals surface area contributed by atoms with Gasteiger partial charge in [-0.25, -0.2) is 9.97 Å². The fourth-order valence-electron chi connectivity index (χ4n) is 2.77. The van der Waals surface area contributed by atoms with Gasteiger partial charge in [-0.3, -0.25) is 4.98 Å². The van der Waals surface area contributed by atoms with E-state index in [-0.39, 0.29) is 0 Å². The van der Waals surface area contributed by atoms with Crippen LogP contribution in [0.2, 0.25) is 0 Å². The van der Waals surface area contributed by atoms with Crippen LogP contribution in [0.1, 0.15) is 24.1 Å². The van der Waals surface area contributed by atoms with E-state index in [2.05, 4.69) is 27.5 Å². The Kier molecular flexibility index (Phi) is 4.63. The summed E-state index contributed by atoms with van der Waals surface area (Å²) in [6.45, 7) is 7.31. The molecule has 1 atom stereocenters. The average Bonchev–Trinajstić information content (AvgIpc) is 2.58. The molecule has 5 nitrogen and oxygen atoms in total. The molecule has 3 heterocycles. The summed E-state index contributed by atoms with van der Waals surface area (Å²) in [7, 11) is 0. The van der Waals surface area contributed by atoms with Crippen LogP contribution in [0.5, 0.6) is 0 Å². The second-order valence-corrected chi connectivity index (χ2v) is 5.94. The maximum absolute atomic E-state index is 4.72. The third-order valence-electron chi connectivity index (χ3n) is 4.28. The fraction of sp³-hybridized carbons (Fsp3) is 0.471. The molecule has 2 N–H and O–H groups in total. The highest BCUT2D eigenvalue weighted by Crippen LogP contribution is 2.22. The van der Waals surface area contributed by atoms with E-state index in [9.17, 15) is 0 Å². The molecule has 1 fully saturated rings. The van der Waals surface area contributed by atoms with Crippen LogP contribution in [-0.4, -0.2) is 34.6 Å². The van der Waals surface area contributed by atoms with Crippen molar-refractivity contribution in [1.82, 2.24) is 20.3 Å². The molecule has 1 aliphatic rings. The second kappa shape index (κ2) is 6.83. The number of pyridine rings is 1. The van der Waals surface area contributed by atoms with Crippen LogP contribution in [0.4, 0.5) is 5.82 Å². The van der Waals surface area contributed by atoms with Crippen molar-refractivity contribution < 1.29 is 0 Å². The lowest BCUT2D eigenvalue weighted by atomic mass is 10.00. The smallest absolute Gasteiger partial charge is 0.161 e. The summed E-state index contributed by atoms with van der Waals surface area (Å²) in [5, 5.41) is 6.98. The number of nitrogens with one attached hydrogen (secondary N) is 2. The number of aromatic nitrogens is 3. The first kappa shape index (κ1) is 14.9. The van der Waals surface area contributed by atoms with E-state index >= 15 is 0 Å². The normalized spacial score (nSPS) is 18.2. The molecule has 2 aromatic heterocycles. The van der Waals surface area contributed by atoms with Crippen LogP contribution in [0.3, 0.4) is 0 Å². The standard InChI is InChI=1S/C17H23N5/c1-12-13(2)21-17(15-5-8-18-9-6-15)22-16(12)20-11-14-4-3-7-19-10-14/h5-6,8-9,14,19H,3-4,7,10-11H2,1-2H3,(H,20,21,22). The van der Waals surface area contributed by atoms with E-state index in [1.807, 2.05) is 19.1 Å². The number of anilines is 1. The van der Waals surface area contributed by atoms with E-state index in [0.29, 0.717) is 5.92 Å². The van der Waals surface area contributed by atoms with Crippen LogP contribution in [0, 0.1) is 19.8 Å². The first-order chi connectivity index (χ1) is 10.7. The van der Waals surface area contributed by atoms with Gasteiger partial charge in [-0.15, -0.1) is 0 Å². The lowest BCUT2D eigenvalue weighted by Crippen LogP contribution is -2.33. The van der Waals surface area contributed by atoms with Crippen LogP contribution in [-0.2, 0) is 0 Å². The van der Waals surface area contributed by atoms with Crippen molar-refractivity contribution in [1.29, 1.82) is 0 Å². The van der Waals surface area contributed by atoms with E-state index in [0.717, 1.165) is 48.1 Å². The van der Waals surface area contributed by atoms with Gasteiger partial charge in [0.1, 0.15) is 5.82 Å². The maximum Gasteiger partial charge on any atom is 0.161 e. The molecular formula is C17H23N5. The number of piperidine rings is 1. The summed E-state index contributed by atoms with van der Waals surface area (Å²) in [5.41, 5.74) is 3.15. The Bertz CT molecular complexity index is 620. The van der Waals surface area contributed by atoms with Gasteiger partial charge in [0, 0.05) is 35.8 Å². The molecule has 1 unspecified atom stereocenters. The summed E-state index contributed by atoms with van der Waals surface area (Å²) in [6.07, 6.45) is 6.08. The molecule has 0 radical (unpaired) electrons. The third-order valence-corrected chi connectivity index (χ3v) is 4.28. The molecule has 5 heteroatoms. The van der Waals surface area contributed by atoms with Crippen LogP contribution in [0.25, 0.3) is 11.4 Å². The van der Waals surface area contributed by atoms with Gasteiger partial charge in [0.2, 0.25) is 0 Å². The van der Waals surface area contributed by atoms with Crippen molar-refractivity contribution in [2.24, 2.45) is 5.92 Å². The zero-order valence-electron chi connectivity index (χ0n) is 13.3. The monoisotopic (exact) mass is 297 g/mol. The number of nitrogens with zero attached hydrogens (tertiary/aromatic N) is 3. The van der Waals surface area contributed by atoms with Crippen molar-refractivity contribution in [2.75, 3.05) is 25.0 Å². The Morgan fingerprint density at radius 2 is 2.05 bits per heavy atom. The predicted octanol–water partition coefficient (Wildman–Crippen LogP) is 2.57. The van der Waals surface area contributed by atoms with Crippen molar-refractivity contribution in [3.8, 4) is 11.4 Å². The minimum absolute atomic E-state index is 0.674. The minimum Gasteiger partial charge on any atom is -0.369 e. The summed E-state index contributed by atoms with van der Waals surface area (Å²) >= 11 is 0. The van der Waals surface area contributed by atoms with Gasteiger partial charge in [0.25, 0.3) is 0 Å². The Morgan fingerprint density at radius 1 is 1.23 bits per heavy atom. The number of rotatable bonds is 4. The Balaban J connectivity index is 1.79. The van der Waals surface area contributed by atoms with Crippen LogP contribution >= 0.6 is 0 Å². The zero-order valence-corrected chi connectivity index (χ0v) is 13.3. The molecule has 2 aromatic rings. The first-order valence-corrected chi connectivity index (χ1v) is 7.94. The van der Waals surface area contributed by atoms with Crippen molar-refractivity contribution in [3.05, 3.63) is 35.8 Å². The average molecular weight is 297 g/mol. The molecular weight excluding hydrogens is 274 g/mol. The van der Waals surface area contributed by atoms with Crippen LogP contribution in [0.15, 0.2) is 24.5 Å². The largest absolute Gasteiger partial charge is 0.369 e. The highest BCUT2D eigenvalue weighted by molar-refractivity contribution is 5.59. The molecule has 0 saturated carbocycles. The van der Waals surface area contributed by atoms with Gasteiger partial charge in [-0.05, 0) is 57.8 Å². The van der Waals surface area contributed by atoms with Gasteiger partial charge >= 0.3 is 0 Å². The molecule has 1 aliphatic heterocycles. The highest BCUT2D eigenvalue weighted by atomic mass is 15.0. The second-order valence-electron chi connectivity index (χ2n) is 5.94. The van der Waals surface area contributed by atoms with Crippen LogP contribution < -0.4 is 10.6 Å². The molecule has 0 aliphatic carbocycles. The van der Waals surface area contributed by atoms with Gasteiger partial charge in [0.15, 0.2) is 5.82 Å². The number of hydrogen-bond donors (Lipinski definition) is 2. The minimum atomic E-state index is 0.674. The fourth-order valence-corrected chi connectivity index (χ4v) is 2.77. The molecule has 22 heavy (non-hydrogen) atoms. The highest BCUT2D eigenvalue weighted by Gasteiger charge is 2.15. The summed E-state index contributed by atoms with van der Waals surface area (Å²) in [5.74, 6) is 2.38. The van der Waals surface area contributed by atoms with E-state index in [4.69, 9.17) is 4.98 Å². The summed E-state index contributed by atoms with van der Waals surface area (Å²) < 4.78 is 0. The summed E-state index contributed by atoms with van der Waals surface area (Å²) in [4.78, 5) is 13.4. The first-order valence-electron chi connectivity index (χ1n) is 7.94. The lowest BCUT2D eigenvalue weighted by molar-refractivity contribution is 0.392.